The van der Waals surface area contributed by atoms with Gasteiger partial charge in [-0.3, -0.25) is 14.4 Å². The van der Waals surface area contributed by atoms with Crippen molar-refractivity contribution in [3.05, 3.63) is 59.3 Å². The fourth-order valence-corrected chi connectivity index (χ4v) is 16.3. The van der Waals surface area contributed by atoms with Gasteiger partial charge < -0.3 is 65.4 Å². The first-order chi connectivity index (χ1) is 39.5. The maximum atomic E-state index is 15.6. The van der Waals surface area contributed by atoms with Crippen LogP contribution in [0, 0.1) is 17.8 Å². The molecule has 6 rings (SSSR count). The molecule has 4 saturated heterocycles. The average Bonchev–Trinajstić information content (AvgIpc) is 1.74. The molecule has 5 aliphatic heterocycles. The number of hydrogen-bond acceptors (Lipinski definition) is 17. The maximum Gasteiger partial charge on any atom is 0.316 e. The molecule has 0 aromatic heterocycles. The highest BCUT2D eigenvalue weighted by Gasteiger charge is 2.64. The molecule has 0 aromatic rings. The maximum absolute atomic E-state index is 15.6. The molecular formula is C65H110O17Si3. The van der Waals surface area contributed by atoms with Gasteiger partial charge in [-0.2, -0.15) is 0 Å². The minimum absolute atomic E-state index is 0.0143. The van der Waals surface area contributed by atoms with Gasteiger partial charge in [0, 0.05) is 45.8 Å². The van der Waals surface area contributed by atoms with Gasteiger partial charge in [-0.05, 0) is 125 Å². The highest BCUT2D eigenvalue weighted by atomic mass is 28.4. The topological polar surface area (TPSA) is 180 Å². The smallest absolute Gasteiger partial charge is 0.316 e. The van der Waals surface area contributed by atoms with E-state index in [2.05, 4.69) is 106 Å². The van der Waals surface area contributed by atoms with Gasteiger partial charge >= 0.3 is 11.9 Å². The lowest BCUT2D eigenvalue weighted by Gasteiger charge is -2.51. The van der Waals surface area contributed by atoms with Crippen LogP contribution in [0.2, 0.25) is 55.9 Å². The Kier molecular flexibility index (Phi) is 24.2. The molecule has 0 N–H and O–H groups in total. The number of carbonyl (C=O) groups excluding carboxylic acids is 3. The summed E-state index contributed by atoms with van der Waals surface area (Å²) in [7, 11) is -2.40. The molecule has 0 amide bonds. The molecule has 5 heterocycles. The second-order valence-electron chi connectivity index (χ2n) is 29.0. The zero-order valence-corrected chi connectivity index (χ0v) is 59.0. The highest BCUT2D eigenvalue weighted by molar-refractivity contribution is 6.74. The quantitative estimate of drug-likeness (QED) is 0.0369. The SMILES string of the molecule is CCC(C)[C@H](CC(=O)OC)O[C@]1(/C=C/C=O)C[C@@H]2C[C@@H](C/C=C(\C)C(O[C@H]3C[C@H](OC)C(O[C@H]4C[C@H](OC)[C@@H](O[Si](C)(C)C(C)(C)C)[C@H](C)O4)[C@H](C)O3)[C@@H](C)/C=C/C=C3\CO[C@@H]4[C@H](O[Si](C)(C)C(C)(C)C)C(C)=CC(C(=O)O2)[C@]34O[Si](C)(C)C)O1. The van der Waals surface area contributed by atoms with E-state index in [0.29, 0.717) is 32.0 Å². The predicted molar refractivity (Wildman–Crippen MR) is 335 cm³/mol. The molecule has 0 aromatic carbocycles. The lowest BCUT2D eigenvalue weighted by Crippen LogP contribution is -2.64. The average molecular weight is 1250 g/mol. The van der Waals surface area contributed by atoms with Gasteiger partial charge in [-0.15, -0.1) is 0 Å². The van der Waals surface area contributed by atoms with E-state index >= 15 is 4.79 Å². The van der Waals surface area contributed by atoms with Crippen LogP contribution in [-0.2, 0) is 79.8 Å². The van der Waals surface area contributed by atoms with Gasteiger partial charge in [-0.1, -0.05) is 99.1 Å². The third-order valence-electron chi connectivity index (χ3n) is 19.3. The number of methoxy groups -OCH3 is 3. The molecule has 2 bridgehead atoms. The number of hydrogen-bond donors (Lipinski definition) is 0. The minimum atomic E-state index is -2.56. The monoisotopic (exact) mass is 1250 g/mol. The number of ether oxygens (including phenoxy) is 11. The summed E-state index contributed by atoms with van der Waals surface area (Å²) in [5, 5.41) is -0.113. The van der Waals surface area contributed by atoms with E-state index in [1.165, 1.54) is 13.2 Å². The summed E-state index contributed by atoms with van der Waals surface area (Å²) < 4.78 is 94.4. The highest BCUT2D eigenvalue weighted by Crippen LogP contribution is 2.53. The van der Waals surface area contributed by atoms with Crippen LogP contribution in [0.4, 0.5) is 0 Å². The summed E-state index contributed by atoms with van der Waals surface area (Å²) in [6.45, 7) is 43.1. The molecule has 6 aliphatic rings. The van der Waals surface area contributed by atoms with E-state index in [4.69, 9.17) is 65.4 Å². The summed E-state index contributed by atoms with van der Waals surface area (Å²) in [6, 6.07) is 0. The number of fused-ring (bicyclic) bond motifs is 2. The summed E-state index contributed by atoms with van der Waals surface area (Å²) in [5.74, 6) is -3.83. The Balaban J connectivity index is 1.42. The van der Waals surface area contributed by atoms with E-state index in [0.717, 1.165) is 16.7 Å². The van der Waals surface area contributed by atoms with Crippen molar-refractivity contribution in [2.45, 2.75) is 288 Å². The number of carbonyl (C=O) groups is 3. The fraction of sp³-hybridized carbons (Fsp3) is 0.800. The van der Waals surface area contributed by atoms with E-state index in [-0.39, 0.29) is 66.1 Å². The van der Waals surface area contributed by atoms with Gasteiger partial charge in [0.15, 0.2) is 43.3 Å². The molecule has 17 nitrogen and oxygen atoms in total. The summed E-state index contributed by atoms with van der Waals surface area (Å²) in [4.78, 5) is 40.9. The Labute approximate surface area is 513 Å². The van der Waals surface area contributed by atoms with Gasteiger partial charge in [0.2, 0.25) is 0 Å². The van der Waals surface area contributed by atoms with Crippen LogP contribution in [0.3, 0.4) is 0 Å². The van der Waals surface area contributed by atoms with Crippen molar-refractivity contribution < 1.29 is 79.8 Å². The van der Waals surface area contributed by atoms with Crippen molar-refractivity contribution >= 4 is 43.2 Å². The molecule has 4 unspecified atom stereocenters. The van der Waals surface area contributed by atoms with Crippen LogP contribution >= 0.6 is 0 Å². The second kappa shape index (κ2) is 28.8. The Morgan fingerprint density at radius 1 is 0.812 bits per heavy atom. The molecule has 4 fully saturated rings. The van der Waals surface area contributed by atoms with Gasteiger partial charge in [0.25, 0.3) is 0 Å². The molecule has 0 spiro atoms. The van der Waals surface area contributed by atoms with Crippen molar-refractivity contribution in [3.8, 4) is 0 Å². The minimum Gasteiger partial charge on any atom is -0.469 e. The molecule has 20 heteroatoms. The summed E-state index contributed by atoms with van der Waals surface area (Å²) in [6.07, 6.45) is 8.82. The fourth-order valence-electron chi connectivity index (χ4n) is 12.2. The predicted octanol–water partition coefficient (Wildman–Crippen LogP) is 12.4. The Morgan fingerprint density at radius 3 is 1.99 bits per heavy atom. The summed E-state index contributed by atoms with van der Waals surface area (Å²) in [5.41, 5.74) is 1.27. The van der Waals surface area contributed by atoms with Gasteiger partial charge in [0.1, 0.15) is 36.1 Å². The van der Waals surface area contributed by atoms with Gasteiger partial charge in [-0.25, -0.2) is 0 Å². The standard InChI is InChI=1S/C65H110O17Si3/c1-24-40(2)50(35-53(67)71-16)79-64(31-26-32-66)38-48-34-47(78-64)30-29-42(4)56(76-54-36-51(69-14)58(44(6)73-54)77-55-37-52(70-15)59(45(7)74-55)81-85(22,23)63(11,12)13)41(3)27-25-28-46-39-72-60-57(80-84(20,21)62(8,9)10)43(5)33-49(61(68)75-48)65(46,60)82-83(17,18)19/h25-29,31-33,40-41,44-45,47-52,54-60H,24,30,34-39H2,1-23H3/b27-25+,31-26+,42-29+,46-28+/t40?,41-,44-,45-,47+,48-,49?,50-,51-,52-,54-,55-,56?,57+,58?,59-,60+,64+,65+/m0/s1. The first-order valence-electron chi connectivity index (χ1n) is 31.3. The third kappa shape index (κ3) is 17.1. The molecule has 484 valence electrons. The van der Waals surface area contributed by atoms with Crippen LogP contribution in [0.25, 0.3) is 0 Å². The largest absolute Gasteiger partial charge is 0.469 e. The normalized spacial score (nSPS) is 38.0. The Hall–Kier alpha value is -2.52. The molecule has 0 saturated carbocycles. The zero-order chi connectivity index (χ0) is 63.4. The lowest BCUT2D eigenvalue weighted by molar-refractivity contribution is -0.317. The Bertz CT molecular complexity index is 2420. The van der Waals surface area contributed by atoms with E-state index < -0.39 is 122 Å². The van der Waals surface area contributed by atoms with Crippen molar-refractivity contribution in [1.29, 1.82) is 0 Å². The van der Waals surface area contributed by atoms with Crippen molar-refractivity contribution in [2.24, 2.45) is 17.8 Å². The van der Waals surface area contributed by atoms with Crippen LogP contribution in [-0.4, -0.2) is 168 Å². The Morgan fingerprint density at radius 2 is 1.41 bits per heavy atom. The zero-order valence-electron chi connectivity index (χ0n) is 56.0. The molecular weight excluding hydrogens is 1140 g/mol. The summed E-state index contributed by atoms with van der Waals surface area (Å²) >= 11 is 0. The number of esters is 2. The van der Waals surface area contributed by atoms with Crippen molar-refractivity contribution in [1.82, 2.24) is 0 Å². The molecule has 0 radical (unpaired) electrons. The van der Waals surface area contributed by atoms with Crippen LogP contribution in [0.1, 0.15) is 135 Å². The van der Waals surface area contributed by atoms with E-state index in [1.54, 1.807) is 20.3 Å². The first-order valence-corrected chi connectivity index (χ1v) is 40.5. The number of aldehydes is 1. The number of rotatable bonds is 20. The van der Waals surface area contributed by atoms with Crippen LogP contribution in [0.15, 0.2) is 59.3 Å². The van der Waals surface area contributed by atoms with E-state index in [9.17, 15) is 9.59 Å². The van der Waals surface area contributed by atoms with Crippen molar-refractivity contribution in [2.75, 3.05) is 27.9 Å². The van der Waals surface area contributed by atoms with Gasteiger partial charge in [0.05, 0.1) is 75.1 Å². The lowest BCUT2D eigenvalue weighted by atomic mass is 9.71. The first kappa shape index (κ1) is 71.6. The molecule has 85 heavy (non-hydrogen) atoms. The second-order valence-corrected chi connectivity index (χ2v) is 42.9. The van der Waals surface area contributed by atoms with Crippen LogP contribution in [0.5, 0.6) is 0 Å². The molecule has 19 atom stereocenters. The molecule has 1 aliphatic carbocycles. The van der Waals surface area contributed by atoms with Crippen molar-refractivity contribution in [3.63, 3.8) is 0 Å². The third-order valence-corrected chi connectivity index (χ3v) is 29.2. The van der Waals surface area contributed by atoms with E-state index in [1.807, 2.05) is 59.8 Å². The number of allylic oxidation sites excluding steroid dienone is 3. The van der Waals surface area contributed by atoms with Crippen LogP contribution < -0.4 is 0 Å².